The van der Waals surface area contributed by atoms with E-state index in [1.54, 1.807) is 52.5 Å². The number of aliphatic hydroxyl groups is 4. The summed E-state index contributed by atoms with van der Waals surface area (Å²) in [7, 11) is 6.27. The van der Waals surface area contributed by atoms with Crippen LogP contribution in [0.1, 0.15) is 123 Å². The summed E-state index contributed by atoms with van der Waals surface area (Å²) in [6.07, 6.45) is -8.91. The number of aliphatic hydroxyl groups excluding tert-OH is 2. The van der Waals surface area contributed by atoms with Crippen LogP contribution in [0.2, 0.25) is 0 Å². The number of carbonyl (C=O) groups excluding carboxylic acids is 2. The molecule has 5 heterocycles. The van der Waals surface area contributed by atoms with Gasteiger partial charge in [-0.15, -0.1) is 0 Å². The van der Waals surface area contributed by atoms with E-state index in [4.69, 9.17) is 66.3 Å². The number of fused-ring (bicyclic) bond motifs is 4. The molecular weight excluding hydrogens is 993 g/mol. The molecule has 0 bridgehead atoms. The maximum Gasteiger partial charge on any atom is 0.338 e. The van der Waals surface area contributed by atoms with Gasteiger partial charge in [0, 0.05) is 83.2 Å². The summed E-state index contributed by atoms with van der Waals surface area (Å²) in [5.74, 6) is -1.73. The molecule has 0 amide bonds. The Balaban J connectivity index is 0.753. The highest BCUT2D eigenvalue weighted by molar-refractivity contribution is 5.89. The molecule has 20 heteroatoms. The minimum absolute atomic E-state index is 0.0957. The molecule has 4 N–H and O–H groups in total. The molecule has 0 radical (unpaired) electrons. The first-order chi connectivity index (χ1) is 36.1. The Morgan fingerprint density at radius 2 is 1.18 bits per heavy atom. The highest BCUT2D eigenvalue weighted by atomic mass is 16.8. The average Bonchev–Trinajstić information content (AvgIpc) is 4.20. The predicted octanol–water partition coefficient (Wildman–Crippen LogP) is 3.90. The van der Waals surface area contributed by atoms with Gasteiger partial charge >= 0.3 is 5.97 Å². The molecular formula is C56H84O20. The number of rotatable bonds is 15. The second kappa shape index (κ2) is 21.5. The van der Waals surface area contributed by atoms with Gasteiger partial charge in [0.2, 0.25) is 0 Å². The SMILES string of the molecule is COC1CC(OC2CCC3(C)C4CC(OC(=O)c5ccccc5)C5(C)C(C(C)=O)CCC5(O)C4(O)CC4OC43C2)OC(C)C1OC1CC(OC)C(OC2CC(OC)C(OC3OC(C)C(O)C(OC)C3O)C(C)O2)C(C)O1. The zero-order chi connectivity index (χ0) is 54.4. The van der Waals surface area contributed by atoms with Gasteiger partial charge in [0.25, 0.3) is 0 Å². The Bertz CT molecular complexity index is 2210. The van der Waals surface area contributed by atoms with Crippen molar-refractivity contribution in [2.75, 3.05) is 28.4 Å². The standard InChI is InChI=1S/C56H84O20/c1-27(57)34-18-20-56(62)53(34,7)39(72-50(60)32-15-13-12-14-16-32)24-38-52(6)19-17-33(25-55(52)40(76-55)26-54(38,56)61)71-41-21-35(63-8)46(29(3)67-41)73-42-22-36(64-9)47(30(4)68-42)74-43-23-37(65-10)48(31(5)69-43)75-51-45(59)49(66-11)44(58)28(2)70-51/h12-16,28-31,33-49,51,58-59,61-62H,17-26H2,1-11H3. The quantitative estimate of drug-likeness (QED) is 0.110. The summed E-state index contributed by atoms with van der Waals surface area (Å²) in [5.41, 5.74) is -5.42. The van der Waals surface area contributed by atoms with Crippen LogP contribution in [-0.4, -0.2) is 200 Å². The summed E-state index contributed by atoms with van der Waals surface area (Å²) in [4.78, 5) is 27.1. The van der Waals surface area contributed by atoms with Crippen LogP contribution in [0.15, 0.2) is 30.3 Å². The van der Waals surface area contributed by atoms with Crippen molar-refractivity contribution in [3.05, 3.63) is 35.9 Å². The van der Waals surface area contributed by atoms with E-state index in [0.29, 0.717) is 50.5 Å². The minimum atomic E-state index is -1.71. The molecule has 9 fully saturated rings. The number of benzene rings is 1. The van der Waals surface area contributed by atoms with Crippen molar-refractivity contribution < 1.29 is 96.3 Å². The van der Waals surface area contributed by atoms with Gasteiger partial charge < -0.3 is 86.7 Å². The Morgan fingerprint density at radius 1 is 0.632 bits per heavy atom. The number of hydrogen-bond acceptors (Lipinski definition) is 20. The third-order valence-electron chi connectivity index (χ3n) is 20.2. The van der Waals surface area contributed by atoms with Gasteiger partial charge in [0.15, 0.2) is 25.2 Å². The fraction of sp³-hybridized carbons (Fsp3) is 0.857. The van der Waals surface area contributed by atoms with Crippen molar-refractivity contribution >= 4 is 11.8 Å². The Labute approximate surface area is 446 Å². The summed E-state index contributed by atoms with van der Waals surface area (Å²) in [6.45, 7) is 12.9. The second-order valence-corrected chi connectivity index (χ2v) is 24.0. The van der Waals surface area contributed by atoms with Crippen LogP contribution in [0, 0.1) is 22.7 Å². The third kappa shape index (κ3) is 9.35. The summed E-state index contributed by atoms with van der Waals surface area (Å²) >= 11 is 0. The molecule has 0 aromatic heterocycles. The number of methoxy groups -OCH3 is 4. The minimum Gasteiger partial charge on any atom is -0.458 e. The van der Waals surface area contributed by atoms with Gasteiger partial charge in [-0.2, -0.15) is 0 Å². The Morgan fingerprint density at radius 3 is 1.72 bits per heavy atom. The molecule has 1 aromatic carbocycles. The molecule has 4 saturated carbocycles. The van der Waals surface area contributed by atoms with Gasteiger partial charge in [0.1, 0.15) is 65.3 Å². The first-order valence-corrected chi connectivity index (χ1v) is 27.7. The highest BCUT2D eigenvalue weighted by Gasteiger charge is 2.85. The third-order valence-corrected chi connectivity index (χ3v) is 20.2. The molecule has 1 spiro atoms. The van der Waals surface area contributed by atoms with Crippen LogP contribution in [0.5, 0.6) is 0 Å². The molecule has 20 nitrogen and oxygen atoms in total. The van der Waals surface area contributed by atoms with Crippen LogP contribution in [0.4, 0.5) is 0 Å². The fourth-order valence-electron chi connectivity index (χ4n) is 16.0. The Kier molecular flexibility index (Phi) is 16.1. The van der Waals surface area contributed by atoms with E-state index >= 15 is 0 Å². The Hall–Kier alpha value is -2.32. The summed E-state index contributed by atoms with van der Waals surface area (Å²) < 4.78 is 88.1. The van der Waals surface area contributed by atoms with Crippen LogP contribution >= 0.6 is 0 Å². The van der Waals surface area contributed by atoms with Crippen LogP contribution in [0.3, 0.4) is 0 Å². The second-order valence-electron chi connectivity index (χ2n) is 24.0. The van der Waals surface area contributed by atoms with E-state index in [9.17, 15) is 30.0 Å². The molecule has 10 rings (SSSR count). The molecule has 428 valence electrons. The molecule has 5 saturated heterocycles. The average molecular weight is 1080 g/mol. The van der Waals surface area contributed by atoms with Crippen molar-refractivity contribution in [1.29, 1.82) is 0 Å². The topological polar surface area (TPSA) is 248 Å². The molecule has 27 atom stereocenters. The van der Waals surface area contributed by atoms with Gasteiger partial charge in [-0.25, -0.2) is 4.79 Å². The van der Waals surface area contributed by atoms with Crippen molar-refractivity contribution in [3.8, 4) is 0 Å². The lowest BCUT2D eigenvalue weighted by Gasteiger charge is -2.67. The fourth-order valence-corrected chi connectivity index (χ4v) is 16.0. The van der Waals surface area contributed by atoms with Crippen LogP contribution in [-0.2, 0) is 71.1 Å². The van der Waals surface area contributed by atoms with E-state index in [2.05, 4.69) is 6.92 Å². The van der Waals surface area contributed by atoms with Crippen molar-refractivity contribution in [3.63, 3.8) is 0 Å². The first kappa shape index (κ1) is 56.9. The zero-order valence-electron chi connectivity index (χ0n) is 46.0. The van der Waals surface area contributed by atoms with E-state index in [1.165, 1.54) is 14.0 Å². The monoisotopic (exact) mass is 1080 g/mol. The maximum absolute atomic E-state index is 13.8. The molecule has 9 aliphatic rings. The van der Waals surface area contributed by atoms with Crippen molar-refractivity contribution in [2.45, 2.75) is 252 Å². The number of esters is 1. The molecule has 76 heavy (non-hydrogen) atoms. The zero-order valence-corrected chi connectivity index (χ0v) is 46.0. The van der Waals surface area contributed by atoms with Gasteiger partial charge in [-0.05, 0) is 78.9 Å². The largest absolute Gasteiger partial charge is 0.458 e. The first-order valence-electron chi connectivity index (χ1n) is 27.7. The molecule has 27 unspecified atom stereocenters. The highest BCUT2D eigenvalue weighted by Crippen LogP contribution is 2.76. The lowest BCUT2D eigenvalue weighted by atomic mass is 9.40. The van der Waals surface area contributed by atoms with Crippen LogP contribution < -0.4 is 0 Å². The number of Topliss-reactive ketones (excluding diaryl/α,β-unsaturated/α-hetero) is 1. The van der Waals surface area contributed by atoms with Crippen molar-refractivity contribution in [2.24, 2.45) is 22.7 Å². The number of ketones is 1. The van der Waals surface area contributed by atoms with Gasteiger partial charge in [0.05, 0.1) is 60.5 Å². The number of carbonyl (C=O) groups is 2. The normalized spacial score (nSPS) is 51.9. The summed E-state index contributed by atoms with van der Waals surface area (Å²) in [5, 5.41) is 47.6. The smallest absolute Gasteiger partial charge is 0.338 e. The number of hydrogen-bond donors (Lipinski definition) is 4. The van der Waals surface area contributed by atoms with Crippen LogP contribution in [0.25, 0.3) is 0 Å². The molecule has 5 aliphatic heterocycles. The molecule has 4 aliphatic carbocycles. The lowest BCUT2D eigenvalue weighted by Crippen LogP contribution is -2.78. The number of ether oxygens (including phenoxy) is 14. The van der Waals surface area contributed by atoms with E-state index in [-0.39, 0.29) is 37.3 Å². The maximum atomic E-state index is 13.8. The van der Waals surface area contributed by atoms with E-state index in [0.717, 1.165) is 0 Å². The van der Waals surface area contributed by atoms with Gasteiger partial charge in [-0.1, -0.05) is 32.0 Å². The lowest BCUT2D eigenvalue weighted by molar-refractivity contribution is -0.356. The van der Waals surface area contributed by atoms with Gasteiger partial charge in [-0.3, -0.25) is 4.79 Å². The van der Waals surface area contributed by atoms with E-state index < -0.39 is 156 Å². The van der Waals surface area contributed by atoms with E-state index in [1.807, 2.05) is 33.8 Å². The van der Waals surface area contributed by atoms with Crippen molar-refractivity contribution in [1.82, 2.24) is 0 Å². The summed E-state index contributed by atoms with van der Waals surface area (Å²) in [6, 6.07) is 8.75. The molecule has 1 aromatic rings. The predicted molar refractivity (Wildman–Crippen MR) is 265 cm³/mol. The number of epoxide rings is 1.